The van der Waals surface area contributed by atoms with Gasteiger partial charge in [-0.05, 0) is 48.5 Å². The van der Waals surface area contributed by atoms with Crippen LogP contribution in [0.1, 0.15) is 0 Å². The van der Waals surface area contributed by atoms with Gasteiger partial charge >= 0.3 is 0 Å². The van der Waals surface area contributed by atoms with Gasteiger partial charge in [0.25, 0.3) is 0 Å². The minimum atomic E-state index is 0.632. The van der Waals surface area contributed by atoms with Gasteiger partial charge in [-0.2, -0.15) is 0 Å². The highest BCUT2D eigenvalue weighted by atomic mass is 32.1. The van der Waals surface area contributed by atoms with E-state index in [0.29, 0.717) is 17.5 Å². The minimum absolute atomic E-state index is 0.632. The van der Waals surface area contributed by atoms with Crippen LogP contribution in [0.3, 0.4) is 0 Å². The number of hydrogen-bond donors (Lipinski definition) is 0. The Bertz CT molecular complexity index is 4130. The van der Waals surface area contributed by atoms with Crippen LogP contribution < -0.4 is 0 Å². The second-order valence-corrected chi connectivity index (χ2v) is 17.3. The normalized spacial score (nSPS) is 12.1. The van der Waals surface area contributed by atoms with Gasteiger partial charge in [0.2, 0.25) is 0 Å². The molecule has 0 bridgehead atoms. The number of nitrogens with zero attached hydrogens (tertiary/aromatic N) is 5. The predicted molar refractivity (Wildman–Crippen MR) is 265 cm³/mol. The zero-order chi connectivity index (χ0) is 41.9. The molecule has 0 N–H and O–H groups in total. The molecule has 14 rings (SSSR count). The Morgan fingerprint density at radius 3 is 1.61 bits per heavy atom. The van der Waals surface area contributed by atoms with Gasteiger partial charge < -0.3 is 13.6 Å². The van der Waals surface area contributed by atoms with E-state index in [2.05, 4.69) is 173 Å². The Labute approximate surface area is 369 Å². The van der Waals surface area contributed by atoms with Crippen molar-refractivity contribution in [1.29, 1.82) is 0 Å². The molecule has 0 saturated carbocycles. The Kier molecular flexibility index (Phi) is 7.46. The van der Waals surface area contributed by atoms with Crippen molar-refractivity contribution in [2.24, 2.45) is 0 Å². The summed E-state index contributed by atoms with van der Waals surface area (Å²) in [6, 6.07) is 70.4. The molecule has 298 valence electrons. The highest BCUT2D eigenvalue weighted by molar-refractivity contribution is 7.26. The fourth-order valence-corrected chi connectivity index (χ4v) is 11.3. The molecule has 64 heavy (non-hydrogen) atoms. The van der Waals surface area contributed by atoms with Gasteiger partial charge in [0.15, 0.2) is 17.5 Å². The summed E-state index contributed by atoms with van der Waals surface area (Å²) in [7, 11) is 0. The molecule has 7 heteroatoms. The molecule has 0 saturated heterocycles. The fourth-order valence-electron chi connectivity index (χ4n) is 10.1. The number of para-hydroxylation sites is 4. The first-order valence-electron chi connectivity index (χ1n) is 21.5. The number of benzene rings is 9. The highest BCUT2D eigenvalue weighted by Crippen LogP contribution is 2.51. The van der Waals surface area contributed by atoms with Crippen LogP contribution in [0.15, 0.2) is 205 Å². The van der Waals surface area contributed by atoms with E-state index in [4.69, 9.17) is 19.4 Å². The Morgan fingerprint density at radius 2 is 0.906 bits per heavy atom. The third-order valence-electron chi connectivity index (χ3n) is 12.7. The lowest BCUT2D eigenvalue weighted by molar-refractivity contribution is 0.673. The van der Waals surface area contributed by atoms with Crippen molar-refractivity contribution >= 4 is 97.1 Å². The van der Waals surface area contributed by atoms with E-state index in [1.54, 1.807) is 0 Å². The van der Waals surface area contributed by atoms with Crippen LogP contribution in [-0.4, -0.2) is 24.1 Å². The summed E-state index contributed by atoms with van der Waals surface area (Å²) in [5.41, 5.74) is 11.2. The first-order valence-corrected chi connectivity index (χ1v) is 22.3. The maximum Gasteiger partial charge on any atom is 0.164 e. The van der Waals surface area contributed by atoms with E-state index < -0.39 is 0 Å². The molecule has 0 fully saturated rings. The lowest BCUT2D eigenvalue weighted by atomic mass is 10.0. The maximum absolute atomic E-state index is 7.08. The molecule has 6 nitrogen and oxygen atoms in total. The van der Waals surface area contributed by atoms with Crippen LogP contribution in [0.2, 0.25) is 0 Å². The molecule has 0 spiro atoms. The lowest BCUT2D eigenvalue weighted by Crippen LogP contribution is -2.01. The zero-order valence-corrected chi connectivity index (χ0v) is 34.9. The van der Waals surface area contributed by atoms with Crippen LogP contribution in [0.5, 0.6) is 0 Å². The fraction of sp³-hybridized carbons (Fsp3) is 0. The van der Waals surface area contributed by atoms with Crippen LogP contribution in [0.4, 0.5) is 0 Å². The molecule has 0 aliphatic heterocycles. The Balaban J connectivity index is 1.16. The maximum atomic E-state index is 7.08. The molecule has 0 aliphatic rings. The van der Waals surface area contributed by atoms with Crippen molar-refractivity contribution in [2.75, 3.05) is 0 Å². The average Bonchev–Trinajstić information content (AvgIpc) is 4.13. The highest BCUT2D eigenvalue weighted by Gasteiger charge is 2.29. The van der Waals surface area contributed by atoms with Crippen LogP contribution in [0, 0.1) is 0 Å². The van der Waals surface area contributed by atoms with Crippen LogP contribution >= 0.6 is 11.3 Å². The Hall–Kier alpha value is -8.39. The molecule has 9 aromatic carbocycles. The van der Waals surface area contributed by atoms with Gasteiger partial charge in [-0.1, -0.05) is 152 Å². The minimum Gasteiger partial charge on any atom is -0.455 e. The number of furan rings is 1. The van der Waals surface area contributed by atoms with Crippen molar-refractivity contribution in [1.82, 2.24) is 24.1 Å². The first kappa shape index (κ1) is 35.2. The summed E-state index contributed by atoms with van der Waals surface area (Å²) in [4.78, 5) is 15.5. The number of fused-ring (bicyclic) bond motifs is 15. The van der Waals surface area contributed by atoms with Crippen molar-refractivity contribution in [3.63, 3.8) is 0 Å². The average molecular weight is 836 g/mol. The molecule has 0 atom stereocenters. The molecule has 5 aromatic heterocycles. The zero-order valence-electron chi connectivity index (χ0n) is 34.1. The predicted octanol–water partition coefficient (Wildman–Crippen LogP) is 15.3. The molecule has 0 aliphatic carbocycles. The van der Waals surface area contributed by atoms with E-state index in [0.717, 1.165) is 98.3 Å². The van der Waals surface area contributed by atoms with Crippen molar-refractivity contribution in [2.45, 2.75) is 0 Å². The van der Waals surface area contributed by atoms with Crippen molar-refractivity contribution in [3.05, 3.63) is 200 Å². The van der Waals surface area contributed by atoms with E-state index in [-0.39, 0.29) is 0 Å². The molecule has 5 heterocycles. The standard InChI is InChI=1S/C57H33N5OS/c1-4-18-34(19-5-1)55-58-56(35-20-6-2-7-21-35)60-57(59-55)41-32-33-44(54-47(41)40-27-13-17-31-46(40)64-54)62-43-29-15-10-24-37(43)48-51-49(53-50(52(48)62)39-26-12-16-30-45(39)63-53)38-25-11-14-28-42(38)61(51)36-22-8-3-9-23-36/h1-33H. The quantitative estimate of drug-likeness (QED) is 0.173. The topological polar surface area (TPSA) is 61.7 Å². The van der Waals surface area contributed by atoms with Crippen molar-refractivity contribution < 1.29 is 4.42 Å². The van der Waals surface area contributed by atoms with Gasteiger partial charge in [-0.3, -0.25) is 0 Å². The summed E-state index contributed by atoms with van der Waals surface area (Å²) in [6.45, 7) is 0. The number of thiophene rings is 1. The molecule has 0 unspecified atom stereocenters. The van der Waals surface area contributed by atoms with Gasteiger partial charge in [0.1, 0.15) is 11.2 Å². The first-order chi connectivity index (χ1) is 31.8. The summed E-state index contributed by atoms with van der Waals surface area (Å²) in [5.74, 6) is 1.90. The molecule has 0 amide bonds. The lowest BCUT2D eigenvalue weighted by Gasteiger charge is -2.14. The van der Waals surface area contributed by atoms with Crippen LogP contribution in [-0.2, 0) is 0 Å². The summed E-state index contributed by atoms with van der Waals surface area (Å²) < 4.78 is 14.4. The number of hydrogen-bond acceptors (Lipinski definition) is 5. The third-order valence-corrected chi connectivity index (χ3v) is 13.9. The van der Waals surface area contributed by atoms with E-state index in [1.807, 2.05) is 47.7 Å². The van der Waals surface area contributed by atoms with E-state index in [1.165, 1.54) is 15.5 Å². The van der Waals surface area contributed by atoms with Gasteiger partial charge in [0.05, 0.1) is 43.2 Å². The van der Waals surface area contributed by atoms with E-state index >= 15 is 0 Å². The van der Waals surface area contributed by atoms with Crippen molar-refractivity contribution in [3.8, 4) is 45.5 Å². The molecular formula is C57H33N5OS. The smallest absolute Gasteiger partial charge is 0.164 e. The SMILES string of the molecule is c1ccc(-c2nc(-c3ccccc3)nc(-c3ccc(-n4c5ccccc5c5c6c(c7ccccc7n6-c6ccccc6)c6oc7ccccc7c6c54)c4sc5ccccc5c34)n2)cc1. The summed E-state index contributed by atoms with van der Waals surface area (Å²) in [5, 5.41) is 9.08. The van der Waals surface area contributed by atoms with Gasteiger partial charge in [-0.25, -0.2) is 15.0 Å². The molecular weight excluding hydrogens is 803 g/mol. The second kappa shape index (κ2) is 13.6. The summed E-state index contributed by atoms with van der Waals surface area (Å²) >= 11 is 1.81. The van der Waals surface area contributed by atoms with Gasteiger partial charge in [-0.15, -0.1) is 11.3 Å². The second-order valence-electron chi connectivity index (χ2n) is 16.3. The van der Waals surface area contributed by atoms with Crippen LogP contribution in [0.25, 0.3) is 131 Å². The number of rotatable bonds is 5. The molecule has 14 aromatic rings. The van der Waals surface area contributed by atoms with Gasteiger partial charge in [0, 0.05) is 59.4 Å². The number of aromatic nitrogens is 5. The molecule has 0 radical (unpaired) electrons. The third kappa shape index (κ3) is 4.98. The summed E-state index contributed by atoms with van der Waals surface area (Å²) in [6.07, 6.45) is 0. The Morgan fingerprint density at radius 1 is 0.391 bits per heavy atom. The van der Waals surface area contributed by atoms with E-state index in [9.17, 15) is 0 Å². The monoisotopic (exact) mass is 835 g/mol. The largest absolute Gasteiger partial charge is 0.455 e.